The highest BCUT2D eigenvalue weighted by Crippen LogP contribution is 2.15. The topological polar surface area (TPSA) is 66.4 Å². The van der Waals surface area contributed by atoms with Gasteiger partial charge >= 0.3 is 0 Å². The van der Waals surface area contributed by atoms with E-state index in [4.69, 9.17) is 5.11 Å². The maximum atomic E-state index is 13.8. The van der Waals surface area contributed by atoms with Gasteiger partial charge in [-0.15, -0.1) is 0 Å². The quantitative estimate of drug-likeness (QED) is 0.777. The lowest BCUT2D eigenvalue weighted by atomic mass is 10.2. The lowest BCUT2D eigenvalue weighted by Crippen LogP contribution is -2.34. The number of sulfonamides is 1. The first-order valence-corrected chi connectivity index (χ1v) is 9.03. The third kappa shape index (κ3) is 5.67. The molecule has 0 heterocycles. The van der Waals surface area contributed by atoms with E-state index in [0.29, 0.717) is 5.75 Å². The Morgan fingerprint density at radius 3 is 2.76 bits per heavy atom. The summed E-state index contributed by atoms with van der Waals surface area (Å²) in [5, 5.41) is 8.57. The van der Waals surface area contributed by atoms with Gasteiger partial charge in [-0.3, -0.25) is 0 Å². The molecule has 0 amide bonds. The molecular weight excluding hydrogens is 313 g/mol. The van der Waals surface area contributed by atoms with Gasteiger partial charge in [-0.2, -0.15) is 11.8 Å². The van der Waals surface area contributed by atoms with Gasteiger partial charge in [0.25, 0.3) is 0 Å². The fraction of sp³-hybridized carbons (Fsp3) is 0.429. The maximum Gasteiger partial charge on any atom is 0.240 e. The summed E-state index contributed by atoms with van der Waals surface area (Å²) in [5.74, 6) is 5.56. The van der Waals surface area contributed by atoms with Crippen molar-refractivity contribution in [2.24, 2.45) is 0 Å². The monoisotopic (exact) mass is 331 g/mol. The Morgan fingerprint density at radius 2 is 2.19 bits per heavy atom. The molecule has 116 valence electrons. The summed E-state index contributed by atoms with van der Waals surface area (Å²) in [7, 11) is -3.75. The van der Waals surface area contributed by atoms with E-state index in [1.54, 1.807) is 18.7 Å². The summed E-state index contributed by atoms with van der Waals surface area (Å²) in [6, 6.07) is 3.28. The molecule has 1 unspecified atom stereocenters. The summed E-state index contributed by atoms with van der Waals surface area (Å²) < 4.78 is 40.5. The van der Waals surface area contributed by atoms with Crippen molar-refractivity contribution in [1.29, 1.82) is 0 Å². The molecule has 0 fully saturated rings. The van der Waals surface area contributed by atoms with Gasteiger partial charge in [-0.1, -0.05) is 18.8 Å². The van der Waals surface area contributed by atoms with Gasteiger partial charge in [0, 0.05) is 11.8 Å². The van der Waals surface area contributed by atoms with Gasteiger partial charge < -0.3 is 5.11 Å². The first-order chi connectivity index (χ1) is 9.90. The smallest absolute Gasteiger partial charge is 0.240 e. The molecule has 1 atom stereocenters. The van der Waals surface area contributed by atoms with Crippen molar-refractivity contribution in [3.8, 4) is 11.8 Å². The fourth-order valence-corrected chi connectivity index (χ4v) is 3.59. The molecule has 0 bridgehead atoms. The van der Waals surface area contributed by atoms with Crippen LogP contribution in [0, 0.1) is 17.7 Å². The number of nitrogens with one attached hydrogen (secondary N) is 1. The van der Waals surface area contributed by atoms with Crippen molar-refractivity contribution in [2.75, 3.05) is 18.1 Å². The zero-order chi connectivity index (χ0) is 15.9. The Bertz CT molecular complexity index is 635. The number of halogens is 1. The number of aliphatic hydroxyl groups excluding tert-OH is 1. The van der Waals surface area contributed by atoms with Crippen LogP contribution in [0.3, 0.4) is 0 Å². The molecule has 1 aromatic carbocycles. The number of aliphatic hydroxyl groups is 1. The van der Waals surface area contributed by atoms with Crippen LogP contribution in [-0.2, 0) is 10.0 Å². The van der Waals surface area contributed by atoms with E-state index < -0.39 is 15.8 Å². The molecule has 0 aliphatic rings. The maximum absolute atomic E-state index is 13.8. The van der Waals surface area contributed by atoms with Crippen LogP contribution in [0.1, 0.15) is 19.4 Å². The minimum atomic E-state index is -3.75. The fourth-order valence-electron chi connectivity index (χ4n) is 1.56. The van der Waals surface area contributed by atoms with Crippen LogP contribution in [0.5, 0.6) is 0 Å². The normalized spacial score (nSPS) is 12.6. The highest BCUT2D eigenvalue weighted by atomic mass is 32.2. The third-order valence-electron chi connectivity index (χ3n) is 2.48. The number of hydrogen-bond acceptors (Lipinski definition) is 4. The van der Waals surface area contributed by atoms with E-state index >= 15 is 0 Å². The molecule has 0 aromatic heterocycles. The van der Waals surface area contributed by atoms with E-state index in [2.05, 4.69) is 16.6 Å². The third-order valence-corrected chi connectivity index (χ3v) is 5.21. The first kappa shape index (κ1) is 18.0. The van der Waals surface area contributed by atoms with E-state index in [9.17, 15) is 12.8 Å². The van der Waals surface area contributed by atoms with Crippen molar-refractivity contribution in [3.63, 3.8) is 0 Å². The summed E-state index contributed by atoms with van der Waals surface area (Å²) >= 11 is 1.62. The molecule has 7 heteroatoms. The molecule has 0 spiro atoms. The Balaban J connectivity index is 2.91. The van der Waals surface area contributed by atoms with Crippen LogP contribution < -0.4 is 4.72 Å². The number of thioether (sulfide) groups is 1. The second kappa shape index (κ2) is 8.39. The Labute approximate surface area is 129 Å². The van der Waals surface area contributed by atoms with Crippen LogP contribution in [-0.4, -0.2) is 37.7 Å². The second-order valence-electron chi connectivity index (χ2n) is 4.28. The highest BCUT2D eigenvalue weighted by Gasteiger charge is 2.18. The number of benzene rings is 1. The molecule has 21 heavy (non-hydrogen) atoms. The first-order valence-electron chi connectivity index (χ1n) is 6.40. The number of rotatable bonds is 6. The van der Waals surface area contributed by atoms with Crippen molar-refractivity contribution in [2.45, 2.75) is 24.8 Å². The summed E-state index contributed by atoms with van der Waals surface area (Å²) in [4.78, 5) is -0.136. The predicted molar refractivity (Wildman–Crippen MR) is 83.1 cm³/mol. The number of hydrogen-bond donors (Lipinski definition) is 2. The minimum Gasteiger partial charge on any atom is -0.384 e. The van der Waals surface area contributed by atoms with Gasteiger partial charge in [0.2, 0.25) is 10.0 Å². The van der Waals surface area contributed by atoms with E-state index in [1.165, 1.54) is 12.1 Å². The van der Waals surface area contributed by atoms with Crippen molar-refractivity contribution in [3.05, 3.63) is 29.6 Å². The van der Waals surface area contributed by atoms with Gasteiger partial charge in [0.05, 0.1) is 10.5 Å². The lowest BCUT2D eigenvalue weighted by Gasteiger charge is -2.13. The Morgan fingerprint density at radius 1 is 1.48 bits per heavy atom. The summed E-state index contributed by atoms with van der Waals surface area (Å²) in [6.07, 6.45) is 0. The average molecular weight is 331 g/mol. The zero-order valence-corrected chi connectivity index (χ0v) is 13.5. The van der Waals surface area contributed by atoms with Crippen LogP contribution in [0.2, 0.25) is 0 Å². The van der Waals surface area contributed by atoms with Crippen LogP contribution in [0.15, 0.2) is 23.1 Å². The van der Waals surface area contributed by atoms with Crippen LogP contribution in [0.4, 0.5) is 4.39 Å². The van der Waals surface area contributed by atoms with Crippen LogP contribution in [0.25, 0.3) is 0 Å². The largest absolute Gasteiger partial charge is 0.384 e. The molecule has 4 nitrogen and oxygen atoms in total. The van der Waals surface area contributed by atoms with E-state index in [0.717, 1.165) is 11.8 Å². The minimum absolute atomic E-state index is 0.0533. The Hall–Kier alpha value is -1.07. The molecule has 0 saturated carbocycles. The molecule has 1 rings (SSSR count). The van der Waals surface area contributed by atoms with Crippen LogP contribution >= 0.6 is 11.8 Å². The molecular formula is C14H18FNO3S2. The molecule has 0 aliphatic heterocycles. The van der Waals surface area contributed by atoms with Crippen molar-refractivity contribution in [1.82, 2.24) is 4.72 Å². The van der Waals surface area contributed by atoms with Crippen molar-refractivity contribution >= 4 is 21.8 Å². The van der Waals surface area contributed by atoms with E-state index in [1.807, 2.05) is 6.92 Å². The average Bonchev–Trinajstić information content (AvgIpc) is 2.43. The van der Waals surface area contributed by atoms with Gasteiger partial charge in [0.1, 0.15) is 12.4 Å². The molecule has 0 radical (unpaired) electrons. The predicted octanol–water partition coefficient (Wildman–Crippen LogP) is 1.59. The SMILES string of the molecule is CCSCC(C)NS(=O)(=O)c1ccc(C#CCO)c(F)c1. The van der Waals surface area contributed by atoms with Crippen molar-refractivity contribution < 1.29 is 17.9 Å². The standard InChI is InChI=1S/C14H18FNO3S2/c1-3-20-10-11(2)16-21(18,19)13-7-6-12(5-4-8-17)14(15)9-13/h6-7,9,11,16-17H,3,8,10H2,1-2H3. The summed E-state index contributed by atoms with van der Waals surface area (Å²) in [5.41, 5.74) is 0.0533. The summed E-state index contributed by atoms with van der Waals surface area (Å²) in [6.45, 7) is 3.37. The second-order valence-corrected chi connectivity index (χ2v) is 7.32. The molecule has 2 N–H and O–H groups in total. The van der Waals surface area contributed by atoms with Gasteiger partial charge in [0.15, 0.2) is 0 Å². The zero-order valence-electron chi connectivity index (χ0n) is 11.9. The molecule has 0 aliphatic carbocycles. The lowest BCUT2D eigenvalue weighted by molar-refractivity contribution is 0.350. The highest BCUT2D eigenvalue weighted by molar-refractivity contribution is 7.99. The van der Waals surface area contributed by atoms with Gasteiger partial charge in [-0.05, 0) is 30.9 Å². The molecule has 1 aromatic rings. The van der Waals surface area contributed by atoms with E-state index in [-0.39, 0.29) is 23.1 Å². The molecule has 0 saturated heterocycles. The van der Waals surface area contributed by atoms with Gasteiger partial charge in [-0.25, -0.2) is 17.5 Å². The Kier molecular flexibility index (Phi) is 7.18.